The largest absolute Gasteiger partial charge is 0.490 e. The molecule has 0 heterocycles. The van der Waals surface area contributed by atoms with E-state index in [1.165, 1.54) is 24.3 Å². The van der Waals surface area contributed by atoms with E-state index in [1.54, 1.807) is 13.0 Å². The van der Waals surface area contributed by atoms with E-state index in [0.29, 0.717) is 24.7 Å². The first-order valence-electron chi connectivity index (χ1n) is 9.24. The molecule has 0 saturated carbocycles. The number of alkyl halides is 3. The third-order valence-electron chi connectivity index (χ3n) is 3.85. The molecular formula is C21H22F3NO5. The molecule has 6 nitrogen and oxygen atoms in total. The summed E-state index contributed by atoms with van der Waals surface area (Å²) in [5.41, 5.74) is -0.380. The Morgan fingerprint density at radius 1 is 0.967 bits per heavy atom. The second-order valence-corrected chi connectivity index (χ2v) is 6.07. The molecule has 0 spiro atoms. The Morgan fingerprint density at radius 2 is 1.67 bits per heavy atom. The highest BCUT2D eigenvalue weighted by Gasteiger charge is 2.30. The van der Waals surface area contributed by atoms with Gasteiger partial charge in [0.1, 0.15) is 13.2 Å². The minimum absolute atomic E-state index is 0.192. The zero-order valence-electron chi connectivity index (χ0n) is 16.5. The predicted octanol–water partition coefficient (Wildman–Crippen LogP) is 3.98. The predicted molar refractivity (Wildman–Crippen MR) is 102 cm³/mol. The Balaban J connectivity index is 1.90. The summed E-state index contributed by atoms with van der Waals surface area (Å²) in [6.07, 6.45) is -4.48. The van der Waals surface area contributed by atoms with Crippen molar-refractivity contribution in [2.45, 2.75) is 26.6 Å². The number of ether oxygens (including phenoxy) is 3. The van der Waals surface area contributed by atoms with E-state index in [1.807, 2.05) is 6.92 Å². The van der Waals surface area contributed by atoms with Crippen LogP contribution in [-0.2, 0) is 22.3 Å². The first-order valence-corrected chi connectivity index (χ1v) is 9.24. The molecule has 9 heteroatoms. The van der Waals surface area contributed by atoms with Crippen LogP contribution in [0.25, 0.3) is 0 Å². The van der Waals surface area contributed by atoms with Crippen LogP contribution < -0.4 is 14.8 Å². The lowest BCUT2D eigenvalue weighted by Crippen LogP contribution is -2.30. The molecule has 2 rings (SSSR count). The topological polar surface area (TPSA) is 73.9 Å². The molecular weight excluding hydrogens is 403 g/mol. The summed E-state index contributed by atoms with van der Waals surface area (Å²) in [7, 11) is 0. The van der Waals surface area contributed by atoms with Gasteiger partial charge in [0.15, 0.2) is 11.5 Å². The van der Waals surface area contributed by atoms with Gasteiger partial charge in [-0.1, -0.05) is 12.1 Å². The van der Waals surface area contributed by atoms with Gasteiger partial charge in [0, 0.05) is 5.56 Å². The number of halogens is 3. The minimum Gasteiger partial charge on any atom is -0.490 e. The quantitative estimate of drug-likeness (QED) is 0.616. The number of carbonyl (C=O) groups excluding carboxylic acids is 2. The molecule has 0 aliphatic carbocycles. The maximum atomic E-state index is 12.7. The molecule has 0 aliphatic rings. The summed E-state index contributed by atoms with van der Waals surface area (Å²) >= 11 is 0. The van der Waals surface area contributed by atoms with Gasteiger partial charge in [0.25, 0.3) is 5.91 Å². The minimum atomic E-state index is -4.48. The first kappa shape index (κ1) is 23.1. The normalized spacial score (nSPS) is 11.0. The summed E-state index contributed by atoms with van der Waals surface area (Å²) in [5, 5.41) is 2.40. The van der Waals surface area contributed by atoms with Crippen LogP contribution in [0.2, 0.25) is 0 Å². The lowest BCUT2D eigenvalue weighted by atomic mass is 10.1. The number of nitrogens with one attached hydrogen (secondary N) is 1. The monoisotopic (exact) mass is 425 g/mol. The van der Waals surface area contributed by atoms with E-state index in [0.717, 1.165) is 12.1 Å². The molecule has 162 valence electrons. The Kier molecular flexibility index (Phi) is 8.08. The van der Waals surface area contributed by atoms with Crippen molar-refractivity contribution in [2.75, 3.05) is 19.8 Å². The molecule has 1 amide bonds. The zero-order valence-corrected chi connectivity index (χ0v) is 16.5. The van der Waals surface area contributed by atoms with Crippen LogP contribution in [0.4, 0.5) is 13.2 Å². The third kappa shape index (κ3) is 6.68. The molecule has 0 unspecified atom stereocenters. The maximum Gasteiger partial charge on any atom is 0.416 e. The van der Waals surface area contributed by atoms with Crippen molar-refractivity contribution in [3.05, 3.63) is 59.2 Å². The summed E-state index contributed by atoms with van der Waals surface area (Å²) in [6, 6.07) is 9.09. The van der Waals surface area contributed by atoms with Crippen LogP contribution in [-0.4, -0.2) is 31.6 Å². The zero-order chi connectivity index (χ0) is 22.1. The van der Waals surface area contributed by atoms with Gasteiger partial charge in [0.05, 0.1) is 18.8 Å². The lowest BCUT2D eigenvalue weighted by molar-refractivity contribution is -0.143. The number of esters is 1. The van der Waals surface area contributed by atoms with Gasteiger partial charge in [-0.25, -0.2) is 0 Å². The fraction of sp³-hybridized carbons (Fsp3) is 0.333. The van der Waals surface area contributed by atoms with Crippen LogP contribution in [0.3, 0.4) is 0 Å². The summed E-state index contributed by atoms with van der Waals surface area (Å²) in [5.74, 6) is -0.415. The first-order chi connectivity index (χ1) is 14.2. The second kappa shape index (κ2) is 10.5. The van der Waals surface area contributed by atoms with E-state index in [-0.39, 0.29) is 17.7 Å². The molecule has 0 aliphatic heterocycles. The van der Waals surface area contributed by atoms with Crippen molar-refractivity contribution >= 4 is 11.9 Å². The van der Waals surface area contributed by atoms with Crippen LogP contribution in [0, 0.1) is 0 Å². The van der Waals surface area contributed by atoms with Gasteiger partial charge in [-0.2, -0.15) is 13.2 Å². The number of amides is 1. The van der Waals surface area contributed by atoms with Crippen molar-refractivity contribution in [3.63, 3.8) is 0 Å². The summed E-state index contributed by atoms with van der Waals surface area (Å²) in [6.45, 7) is 3.66. The van der Waals surface area contributed by atoms with Gasteiger partial charge in [-0.05, 0) is 49.7 Å². The van der Waals surface area contributed by atoms with Crippen LogP contribution in [0.1, 0.15) is 35.3 Å². The highest BCUT2D eigenvalue weighted by Crippen LogP contribution is 2.30. The SMILES string of the molecule is CCOc1ccc(C(=O)NCC(=O)OCc2cccc(C(F)(F)F)c2)cc1OCC. The van der Waals surface area contributed by atoms with Gasteiger partial charge < -0.3 is 19.5 Å². The lowest BCUT2D eigenvalue weighted by Gasteiger charge is -2.12. The smallest absolute Gasteiger partial charge is 0.416 e. The molecule has 2 aromatic carbocycles. The standard InChI is InChI=1S/C21H22F3NO5/c1-3-28-17-9-8-15(11-18(17)29-4-2)20(27)25-12-19(26)30-13-14-6-5-7-16(10-14)21(22,23)24/h5-11H,3-4,12-13H2,1-2H3,(H,25,27). The number of rotatable bonds is 9. The Labute approximate surface area is 171 Å². The van der Waals surface area contributed by atoms with E-state index in [9.17, 15) is 22.8 Å². The van der Waals surface area contributed by atoms with Crippen LogP contribution in [0.5, 0.6) is 11.5 Å². The summed E-state index contributed by atoms with van der Waals surface area (Å²) < 4.78 is 53.9. The van der Waals surface area contributed by atoms with E-state index in [4.69, 9.17) is 14.2 Å². The Morgan fingerprint density at radius 3 is 2.33 bits per heavy atom. The average Bonchev–Trinajstić information content (AvgIpc) is 2.71. The molecule has 30 heavy (non-hydrogen) atoms. The third-order valence-corrected chi connectivity index (χ3v) is 3.85. The molecule has 0 fully saturated rings. The number of hydrogen-bond donors (Lipinski definition) is 1. The molecule has 0 aromatic heterocycles. The van der Waals surface area contributed by atoms with Gasteiger partial charge in [-0.15, -0.1) is 0 Å². The van der Waals surface area contributed by atoms with Crippen molar-refractivity contribution in [3.8, 4) is 11.5 Å². The fourth-order valence-corrected chi connectivity index (χ4v) is 2.50. The van der Waals surface area contributed by atoms with Crippen molar-refractivity contribution in [1.82, 2.24) is 5.32 Å². The van der Waals surface area contributed by atoms with Gasteiger partial charge >= 0.3 is 12.1 Å². The second-order valence-electron chi connectivity index (χ2n) is 6.07. The molecule has 2 aromatic rings. The van der Waals surface area contributed by atoms with Gasteiger partial charge in [0.2, 0.25) is 0 Å². The molecule has 0 atom stereocenters. The molecule has 0 saturated heterocycles. The van der Waals surface area contributed by atoms with Gasteiger partial charge in [-0.3, -0.25) is 9.59 Å². The maximum absolute atomic E-state index is 12.7. The highest BCUT2D eigenvalue weighted by molar-refractivity contribution is 5.96. The van der Waals surface area contributed by atoms with Crippen LogP contribution in [0.15, 0.2) is 42.5 Å². The van der Waals surface area contributed by atoms with Crippen LogP contribution >= 0.6 is 0 Å². The van der Waals surface area contributed by atoms with Crippen molar-refractivity contribution in [2.24, 2.45) is 0 Å². The van der Waals surface area contributed by atoms with Crippen molar-refractivity contribution < 1.29 is 37.0 Å². The summed E-state index contributed by atoms with van der Waals surface area (Å²) in [4.78, 5) is 24.1. The molecule has 1 N–H and O–H groups in total. The average molecular weight is 425 g/mol. The number of hydrogen-bond acceptors (Lipinski definition) is 5. The number of benzene rings is 2. The Bertz CT molecular complexity index is 883. The molecule has 0 radical (unpaired) electrons. The van der Waals surface area contributed by atoms with E-state index < -0.39 is 30.2 Å². The number of carbonyl (C=O) groups is 2. The molecule has 0 bridgehead atoms. The Hall–Kier alpha value is -3.23. The fourth-order valence-electron chi connectivity index (χ4n) is 2.50. The van der Waals surface area contributed by atoms with Crippen molar-refractivity contribution in [1.29, 1.82) is 0 Å². The van der Waals surface area contributed by atoms with E-state index >= 15 is 0 Å². The highest BCUT2D eigenvalue weighted by atomic mass is 19.4. The van der Waals surface area contributed by atoms with E-state index in [2.05, 4.69) is 5.32 Å².